The van der Waals surface area contributed by atoms with Crippen molar-refractivity contribution in [2.75, 3.05) is 5.32 Å². The normalized spacial score (nSPS) is 13.2. The molecule has 8 heteroatoms. The number of alkyl halides is 3. The second kappa shape index (κ2) is 6.11. The van der Waals surface area contributed by atoms with Gasteiger partial charge in [0.25, 0.3) is 0 Å². The number of imidazole rings is 1. The van der Waals surface area contributed by atoms with E-state index in [0.717, 1.165) is 24.5 Å². The first-order valence-electron chi connectivity index (χ1n) is 6.55. The average Bonchev–Trinajstić information content (AvgIpc) is 2.84. The summed E-state index contributed by atoms with van der Waals surface area (Å²) in [6, 6.07) is 0.610. The highest BCUT2D eigenvalue weighted by molar-refractivity contribution is 5.29. The fraction of sp³-hybridized carbons (Fsp3) is 0.462. The van der Waals surface area contributed by atoms with E-state index >= 15 is 0 Å². The molecule has 0 saturated carbocycles. The van der Waals surface area contributed by atoms with E-state index in [9.17, 15) is 13.2 Å². The summed E-state index contributed by atoms with van der Waals surface area (Å²) in [7, 11) is 1.83. The minimum absolute atomic E-state index is 0.0497. The molecule has 0 saturated heterocycles. The number of hydrogen-bond donors (Lipinski definition) is 1. The molecule has 0 spiro atoms. The Balaban J connectivity index is 2.24. The molecule has 0 unspecified atom stereocenters. The second-order valence-corrected chi connectivity index (χ2v) is 4.65. The molecule has 2 rings (SSSR count). The predicted octanol–water partition coefficient (Wildman–Crippen LogP) is 3.18. The van der Waals surface area contributed by atoms with Crippen molar-refractivity contribution in [3.8, 4) is 0 Å². The molecule has 2 aromatic heterocycles. The van der Waals surface area contributed by atoms with E-state index in [1.54, 1.807) is 12.4 Å². The Kier molecular flexibility index (Phi) is 4.44. The zero-order valence-corrected chi connectivity index (χ0v) is 11.7. The van der Waals surface area contributed by atoms with Crippen molar-refractivity contribution in [1.82, 2.24) is 19.5 Å². The van der Waals surface area contributed by atoms with Crippen molar-refractivity contribution in [2.24, 2.45) is 7.05 Å². The molecule has 1 N–H and O–H groups in total. The highest BCUT2D eigenvalue weighted by Crippen LogP contribution is 2.28. The number of anilines is 1. The minimum Gasteiger partial charge on any atom is -0.344 e. The third-order valence-corrected chi connectivity index (χ3v) is 3.00. The van der Waals surface area contributed by atoms with E-state index in [4.69, 9.17) is 0 Å². The fourth-order valence-electron chi connectivity index (χ4n) is 2.01. The van der Waals surface area contributed by atoms with E-state index in [1.807, 2.05) is 18.5 Å². The lowest BCUT2D eigenvalue weighted by Gasteiger charge is -2.18. The van der Waals surface area contributed by atoms with Crippen molar-refractivity contribution in [1.29, 1.82) is 0 Å². The maximum Gasteiger partial charge on any atom is 0.433 e. The third-order valence-electron chi connectivity index (χ3n) is 3.00. The van der Waals surface area contributed by atoms with Crippen LogP contribution in [0.5, 0.6) is 0 Å². The number of halogens is 3. The molecule has 0 aliphatic heterocycles. The van der Waals surface area contributed by atoms with Crippen molar-refractivity contribution in [3.63, 3.8) is 0 Å². The predicted molar refractivity (Wildman–Crippen MR) is 71.5 cm³/mol. The summed E-state index contributed by atoms with van der Waals surface area (Å²) in [5.74, 6) is 0.684. The molecule has 0 amide bonds. The summed E-state index contributed by atoms with van der Waals surface area (Å²) >= 11 is 0. The quantitative estimate of drug-likeness (QED) is 0.921. The van der Waals surface area contributed by atoms with Crippen LogP contribution >= 0.6 is 0 Å². The van der Waals surface area contributed by atoms with Crippen LogP contribution in [0.3, 0.4) is 0 Å². The summed E-state index contributed by atoms with van der Waals surface area (Å²) in [5.41, 5.74) is -0.963. The fourth-order valence-corrected chi connectivity index (χ4v) is 2.01. The van der Waals surface area contributed by atoms with Gasteiger partial charge in [-0.3, -0.25) is 0 Å². The standard InChI is InChI=1S/C13H16F3N5/c1-3-4-9(11-17-7-8-21(11)2)19-12-18-6-5-10(20-12)13(14,15)16/h5-9H,3-4H2,1-2H3,(H,18,19,20)/t9-/m1/s1. The molecule has 0 aromatic carbocycles. The first-order chi connectivity index (χ1) is 9.91. The van der Waals surface area contributed by atoms with Crippen LogP contribution in [0, 0.1) is 0 Å². The molecular weight excluding hydrogens is 283 g/mol. The SMILES string of the molecule is CCC[C@@H](Nc1nccc(C(F)(F)F)n1)c1nccn1C. The van der Waals surface area contributed by atoms with Crippen molar-refractivity contribution < 1.29 is 13.2 Å². The minimum atomic E-state index is -4.48. The van der Waals surface area contributed by atoms with Gasteiger partial charge in [0.05, 0.1) is 6.04 Å². The number of nitrogens with one attached hydrogen (secondary N) is 1. The van der Waals surface area contributed by atoms with Gasteiger partial charge in [0.1, 0.15) is 11.5 Å². The molecular formula is C13H16F3N5. The molecule has 2 aromatic rings. The zero-order valence-electron chi connectivity index (χ0n) is 11.7. The van der Waals surface area contributed by atoms with Crippen LogP contribution in [0.25, 0.3) is 0 Å². The summed E-state index contributed by atoms with van der Waals surface area (Å²) in [6.45, 7) is 1.99. The van der Waals surface area contributed by atoms with Gasteiger partial charge in [-0.25, -0.2) is 15.0 Å². The van der Waals surface area contributed by atoms with Crippen LogP contribution in [0.2, 0.25) is 0 Å². The highest BCUT2D eigenvalue weighted by atomic mass is 19.4. The Morgan fingerprint density at radius 1 is 1.29 bits per heavy atom. The van der Waals surface area contributed by atoms with E-state index in [2.05, 4.69) is 20.3 Å². The van der Waals surface area contributed by atoms with Gasteiger partial charge in [0.2, 0.25) is 5.95 Å². The van der Waals surface area contributed by atoms with Crippen LogP contribution in [0.4, 0.5) is 19.1 Å². The summed E-state index contributed by atoms with van der Waals surface area (Å²) in [6.07, 6.45) is 1.61. The highest BCUT2D eigenvalue weighted by Gasteiger charge is 2.33. The van der Waals surface area contributed by atoms with E-state index < -0.39 is 11.9 Å². The van der Waals surface area contributed by atoms with Crippen molar-refractivity contribution in [2.45, 2.75) is 32.0 Å². The number of hydrogen-bond acceptors (Lipinski definition) is 4. The van der Waals surface area contributed by atoms with Gasteiger partial charge in [-0.2, -0.15) is 13.2 Å². The first kappa shape index (κ1) is 15.3. The van der Waals surface area contributed by atoms with Gasteiger partial charge in [-0.1, -0.05) is 13.3 Å². The van der Waals surface area contributed by atoms with Gasteiger partial charge >= 0.3 is 6.18 Å². The van der Waals surface area contributed by atoms with Crippen molar-refractivity contribution >= 4 is 5.95 Å². The van der Waals surface area contributed by atoms with Crippen LogP contribution in [-0.4, -0.2) is 19.5 Å². The Bertz CT molecular complexity index is 593. The molecule has 114 valence electrons. The van der Waals surface area contributed by atoms with Crippen LogP contribution in [0.15, 0.2) is 24.7 Å². The number of rotatable bonds is 5. The maximum atomic E-state index is 12.7. The lowest BCUT2D eigenvalue weighted by molar-refractivity contribution is -0.141. The zero-order chi connectivity index (χ0) is 15.5. The maximum absolute atomic E-state index is 12.7. The lowest BCUT2D eigenvalue weighted by Crippen LogP contribution is -2.18. The Morgan fingerprint density at radius 3 is 2.62 bits per heavy atom. The largest absolute Gasteiger partial charge is 0.433 e. The Morgan fingerprint density at radius 2 is 2.05 bits per heavy atom. The third kappa shape index (κ3) is 3.71. The molecule has 0 aliphatic rings. The summed E-state index contributed by atoms with van der Waals surface area (Å²) < 4.78 is 39.8. The molecule has 1 atom stereocenters. The summed E-state index contributed by atoms with van der Waals surface area (Å²) in [4.78, 5) is 11.6. The van der Waals surface area contributed by atoms with Crippen LogP contribution in [0.1, 0.15) is 37.3 Å². The molecule has 0 aliphatic carbocycles. The number of nitrogens with zero attached hydrogens (tertiary/aromatic N) is 4. The smallest absolute Gasteiger partial charge is 0.344 e. The monoisotopic (exact) mass is 299 g/mol. The molecule has 21 heavy (non-hydrogen) atoms. The average molecular weight is 299 g/mol. The number of aryl methyl sites for hydroxylation is 1. The Hall–Kier alpha value is -2.12. The molecule has 0 bridgehead atoms. The lowest BCUT2D eigenvalue weighted by atomic mass is 10.1. The number of aromatic nitrogens is 4. The van der Waals surface area contributed by atoms with Crippen LogP contribution in [-0.2, 0) is 13.2 Å². The van der Waals surface area contributed by atoms with Crippen LogP contribution < -0.4 is 5.32 Å². The topological polar surface area (TPSA) is 55.6 Å². The van der Waals surface area contributed by atoms with Gasteiger partial charge in [0.15, 0.2) is 0 Å². The molecule has 0 fully saturated rings. The first-order valence-corrected chi connectivity index (χ1v) is 6.55. The van der Waals surface area contributed by atoms with Gasteiger partial charge < -0.3 is 9.88 Å². The van der Waals surface area contributed by atoms with Gasteiger partial charge in [-0.15, -0.1) is 0 Å². The Labute approximate surface area is 120 Å². The van der Waals surface area contributed by atoms with E-state index in [-0.39, 0.29) is 12.0 Å². The molecule has 5 nitrogen and oxygen atoms in total. The summed E-state index contributed by atoms with van der Waals surface area (Å²) in [5, 5.41) is 2.93. The van der Waals surface area contributed by atoms with Crippen molar-refractivity contribution in [3.05, 3.63) is 36.2 Å². The van der Waals surface area contributed by atoms with Gasteiger partial charge in [-0.05, 0) is 12.5 Å². The molecule has 0 radical (unpaired) electrons. The van der Waals surface area contributed by atoms with Gasteiger partial charge in [0, 0.05) is 25.6 Å². The second-order valence-electron chi connectivity index (χ2n) is 4.65. The van der Waals surface area contributed by atoms with E-state index in [1.165, 1.54) is 0 Å². The molecule has 2 heterocycles. The van der Waals surface area contributed by atoms with E-state index in [0.29, 0.717) is 6.42 Å².